The van der Waals surface area contributed by atoms with E-state index in [4.69, 9.17) is 4.74 Å². The molecule has 0 saturated heterocycles. The van der Waals surface area contributed by atoms with Crippen molar-refractivity contribution in [1.29, 1.82) is 0 Å². The summed E-state index contributed by atoms with van der Waals surface area (Å²) in [4.78, 5) is 18.5. The molecule has 34 heavy (non-hydrogen) atoms. The summed E-state index contributed by atoms with van der Waals surface area (Å²) in [5.74, 6) is 1.12. The van der Waals surface area contributed by atoms with Gasteiger partial charge in [-0.3, -0.25) is 4.79 Å². The molecule has 7 nitrogen and oxygen atoms in total. The van der Waals surface area contributed by atoms with Gasteiger partial charge in [0.15, 0.2) is 16.1 Å². The molecule has 1 unspecified atom stereocenters. The van der Waals surface area contributed by atoms with Crippen molar-refractivity contribution in [2.75, 3.05) is 17.1 Å². The monoisotopic (exact) mass is 499 g/mol. The molecule has 1 aromatic heterocycles. The van der Waals surface area contributed by atoms with E-state index in [-0.39, 0.29) is 11.7 Å². The molecule has 0 radical (unpaired) electrons. The zero-order chi connectivity index (χ0) is 24.1. The quantitative estimate of drug-likeness (QED) is 0.336. The van der Waals surface area contributed by atoms with E-state index in [1.165, 1.54) is 49.8 Å². The Morgan fingerprint density at radius 3 is 2.62 bits per heavy atom. The lowest BCUT2D eigenvalue weighted by molar-refractivity contribution is -0.117. The predicted octanol–water partition coefficient (Wildman–Crippen LogP) is 5.88. The summed E-state index contributed by atoms with van der Waals surface area (Å²) in [5.41, 5.74) is 2.26. The summed E-state index contributed by atoms with van der Waals surface area (Å²) in [6.45, 7) is 1.90. The fourth-order valence-corrected chi connectivity index (χ4v) is 6.20. The van der Waals surface area contributed by atoms with Gasteiger partial charge in [-0.15, -0.1) is 0 Å². The maximum Gasteiger partial charge on any atom is 0.226 e. The van der Waals surface area contributed by atoms with E-state index >= 15 is 0 Å². The van der Waals surface area contributed by atoms with Gasteiger partial charge in [-0.05, 0) is 73.7 Å². The van der Waals surface area contributed by atoms with Crippen LogP contribution in [-0.2, 0) is 15.8 Å². The molecule has 1 saturated carbocycles. The molecule has 3 N–H and O–H groups in total. The first-order valence-corrected chi connectivity index (χ1v) is 13.3. The number of anilines is 2. The Kier molecular flexibility index (Phi) is 7.84. The number of ether oxygens (including phenoxy) is 1. The minimum atomic E-state index is -1.59. The van der Waals surface area contributed by atoms with Crippen molar-refractivity contribution < 1.29 is 18.8 Å². The lowest BCUT2D eigenvalue weighted by atomic mass is 9.87. The Morgan fingerprint density at radius 2 is 1.91 bits per heavy atom. The average molecular weight is 500 g/mol. The normalized spacial score (nSPS) is 15.0. The predicted molar refractivity (Wildman–Crippen MR) is 137 cm³/mol. The molecule has 4 rings (SSSR count). The molecule has 0 aliphatic heterocycles. The van der Waals surface area contributed by atoms with E-state index in [2.05, 4.69) is 15.0 Å². The van der Waals surface area contributed by atoms with E-state index in [0.717, 1.165) is 29.0 Å². The largest absolute Gasteiger partial charge is 0.508 e. The molecule has 9 heteroatoms. The zero-order valence-electron chi connectivity index (χ0n) is 19.3. The van der Waals surface area contributed by atoms with Crippen molar-refractivity contribution in [3.05, 3.63) is 48.2 Å². The van der Waals surface area contributed by atoms with Gasteiger partial charge in [-0.1, -0.05) is 30.6 Å². The fraction of sp³-hybridized carbons (Fsp3) is 0.360. The molecule has 0 spiro atoms. The number of aromatic nitrogens is 1. The number of aryl methyl sites for hydroxylation is 1. The van der Waals surface area contributed by atoms with Crippen LogP contribution in [0.15, 0.2) is 47.4 Å². The van der Waals surface area contributed by atoms with Crippen LogP contribution in [0.5, 0.6) is 11.5 Å². The maximum absolute atomic E-state index is 13.1. The SMILES string of the molecule is COc1ccc(-c2sc(NC(=O)CC3CCCCC3)nc2C)cc1S(=O)Nc1ccc(O)cc1. The molecule has 3 aromatic rings. The Morgan fingerprint density at radius 1 is 1.18 bits per heavy atom. The van der Waals surface area contributed by atoms with Crippen molar-refractivity contribution in [1.82, 2.24) is 4.98 Å². The third-order valence-corrected chi connectivity index (χ3v) is 8.21. The number of nitrogens with one attached hydrogen (secondary N) is 2. The van der Waals surface area contributed by atoms with Gasteiger partial charge in [0, 0.05) is 12.1 Å². The number of rotatable bonds is 8. The Hall–Kier alpha value is -2.91. The molecule has 1 amide bonds. The van der Waals surface area contributed by atoms with Gasteiger partial charge < -0.3 is 19.9 Å². The lowest BCUT2D eigenvalue weighted by Crippen LogP contribution is -2.18. The molecule has 2 aromatic carbocycles. The molecule has 1 atom stereocenters. The van der Waals surface area contributed by atoms with Crippen LogP contribution in [0.1, 0.15) is 44.2 Å². The summed E-state index contributed by atoms with van der Waals surface area (Å²) in [7, 11) is -0.0562. The van der Waals surface area contributed by atoms with E-state index < -0.39 is 11.0 Å². The van der Waals surface area contributed by atoms with Crippen LogP contribution in [-0.4, -0.2) is 27.3 Å². The third-order valence-electron chi connectivity index (χ3n) is 5.95. The number of thiazole rings is 1. The molecule has 1 aliphatic rings. The second-order valence-corrected chi connectivity index (χ2v) is 10.7. The van der Waals surface area contributed by atoms with Crippen LogP contribution in [0.25, 0.3) is 10.4 Å². The standard InChI is InChI=1S/C25H29N3O4S2/c1-16-24(33-25(26-16)27-23(30)14-17-6-4-3-5-7-17)18-8-13-21(32-2)22(15-18)34(31)28-19-9-11-20(29)12-10-19/h8-13,15,17,28-29H,3-7,14H2,1-2H3,(H,26,27,30). The number of hydrogen-bond donors (Lipinski definition) is 3. The molecule has 180 valence electrons. The second-order valence-electron chi connectivity index (χ2n) is 8.47. The average Bonchev–Trinajstić information content (AvgIpc) is 3.20. The highest BCUT2D eigenvalue weighted by Crippen LogP contribution is 2.36. The topological polar surface area (TPSA) is 101 Å². The molecular weight excluding hydrogens is 470 g/mol. The van der Waals surface area contributed by atoms with Gasteiger partial charge in [0.2, 0.25) is 5.91 Å². The van der Waals surface area contributed by atoms with Gasteiger partial charge in [0.05, 0.1) is 17.7 Å². The number of hydrogen-bond acceptors (Lipinski definition) is 6. The summed E-state index contributed by atoms with van der Waals surface area (Å²) >= 11 is 1.41. The van der Waals surface area contributed by atoms with Crippen LogP contribution in [0.4, 0.5) is 10.8 Å². The molecule has 1 aliphatic carbocycles. The summed E-state index contributed by atoms with van der Waals surface area (Å²) in [5, 5.41) is 13.0. The molecule has 1 heterocycles. The Bertz CT molecular complexity index is 1170. The van der Waals surface area contributed by atoms with Crippen LogP contribution in [0, 0.1) is 12.8 Å². The second kappa shape index (κ2) is 11.0. The number of methoxy groups -OCH3 is 1. The van der Waals surface area contributed by atoms with Gasteiger partial charge in [0.1, 0.15) is 16.4 Å². The maximum atomic E-state index is 13.1. The smallest absolute Gasteiger partial charge is 0.226 e. The number of phenols is 1. The van der Waals surface area contributed by atoms with E-state index in [0.29, 0.717) is 33.8 Å². The van der Waals surface area contributed by atoms with E-state index in [9.17, 15) is 14.1 Å². The fourth-order valence-electron chi connectivity index (χ4n) is 4.20. The third kappa shape index (κ3) is 5.95. The number of nitrogens with zero attached hydrogens (tertiary/aromatic N) is 1. The first-order valence-electron chi connectivity index (χ1n) is 11.4. The minimum Gasteiger partial charge on any atom is -0.508 e. The zero-order valence-corrected chi connectivity index (χ0v) is 20.9. The van der Waals surface area contributed by atoms with Crippen molar-refractivity contribution in [2.45, 2.75) is 50.3 Å². The first kappa shape index (κ1) is 24.2. The van der Waals surface area contributed by atoms with Gasteiger partial charge in [0.25, 0.3) is 0 Å². The van der Waals surface area contributed by atoms with Crippen LogP contribution in [0.2, 0.25) is 0 Å². The summed E-state index contributed by atoms with van der Waals surface area (Å²) < 4.78 is 21.4. The molecule has 0 bridgehead atoms. The molecule has 1 fully saturated rings. The number of benzene rings is 2. The van der Waals surface area contributed by atoms with Crippen molar-refractivity contribution >= 4 is 39.0 Å². The number of phenolic OH excluding ortho intramolecular Hbond substituents is 1. The minimum absolute atomic E-state index is 0.0156. The molecular formula is C25H29N3O4S2. The first-order chi connectivity index (χ1) is 16.4. The van der Waals surface area contributed by atoms with Crippen LogP contribution in [0.3, 0.4) is 0 Å². The Labute approximate surface area is 206 Å². The number of aromatic hydroxyl groups is 1. The summed E-state index contributed by atoms with van der Waals surface area (Å²) in [6, 6.07) is 11.8. The van der Waals surface area contributed by atoms with Crippen LogP contribution >= 0.6 is 11.3 Å². The van der Waals surface area contributed by atoms with Gasteiger partial charge >= 0.3 is 0 Å². The number of amides is 1. The van der Waals surface area contributed by atoms with Crippen molar-refractivity contribution in [3.8, 4) is 21.9 Å². The number of carbonyl (C=O) groups excluding carboxylic acids is 1. The van der Waals surface area contributed by atoms with E-state index in [1.807, 2.05) is 19.1 Å². The van der Waals surface area contributed by atoms with Crippen molar-refractivity contribution in [2.24, 2.45) is 5.92 Å². The van der Waals surface area contributed by atoms with E-state index in [1.54, 1.807) is 18.2 Å². The van der Waals surface area contributed by atoms with Gasteiger partial charge in [-0.25, -0.2) is 9.19 Å². The van der Waals surface area contributed by atoms with Gasteiger partial charge in [-0.2, -0.15) is 0 Å². The Balaban J connectivity index is 1.51. The summed E-state index contributed by atoms with van der Waals surface area (Å²) in [6.07, 6.45) is 6.48. The highest BCUT2D eigenvalue weighted by Gasteiger charge is 2.20. The van der Waals surface area contributed by atoms with Crippen molar-refractivity contribution in [3.63, 3.8) is 0 Å². The highest BCUT2D eigenvalue weighted by molar-refractivity contribution is 7.86. The lowest BCUT2D eigenvalue weighted by Gasteiger charge is -2.20. The number of carbonyl (C=O) groups is 1. The van der Waals surface area contributed by atoms with Crippen LogP contribution < -0.4 is 14.8 Å². The highest BCUT2D eigenvalue weighted by atomic mass is 32.2.